The molecule has 1 aliphatic heterocycles. The molecule has 3 rings (SSSR count). The Hall–Kier alpha value is -2.25. The number of halogens is 1. The number of hydrogen-bond acceptors (Lipinski definition) is 4. The summed E-state index contributed by atoms with van der Waals surface area (Å²) in [6, 6.07) is 5.36. The van der Waals surface area contributed by atoms with Crippen LogP contribution >= 0.6 is 11.6 Å². The number of amides is 2. The molecule has 0 bridgehead atoms. The van der Waals surface area contributed by atoms with Crippen molar-refractivity contribution in [2.45, 2.75) is 6.54 Å². The first-order chi connectivity index (χ1) is 12.0. The lowest BCUT2D eigenvalue weighted by Gasteiger charge is -2.31. The molecule has 1 N–H and O–H groups in total. The molecule has 1 aliphatic rings. The summed E-state index contributed by atoms with van der Waals surface area (Å²) < 4.78 is 7.12. The van der Waals surface area contributed by atoms with Crippen molar-refractivity contribution >= 4 is 29.0 Å². The van der Waals surface area contributed by atoms with Gasteiger partial charge in [0.05, 0.1) is 37.3 Å². The third-order valence-electron chi connectivity index (χ3n) is 4.08. The van der Waals surface area contributed by atoms with Crippen molar-refractivity contribution in [3.8, 4) is 0 Å². The average molecular weight is 364 g/mol. The third-order valence-corrected chi connectivity index (χ3v) is 4.31. The molecule has 2 aromatic rings. The Labute approximate surface area is 152 Å². The van der Waals surface area contributed by atoms with Crippen LogP contribution in [0.15, 0.2) is 30.6 Å². The van der Waals surface area contributed by atoms with E-state index in [0.29, 0.717) is 30.5 Å². The van der Waals surface area contributed by atoms with Gasteiger partial charge in [0.25, 0.3) is 0 Å². The van der Waals surface area contributed by atoms with E-state index in [4.69, 9.17) is 16.3 Å². The summed E-state index contributed by atoms with van der Waals surface area (Å²) in [5.74, 6) is 0. The van der Waals surface area contributed by atoms with Gasteiger partial charge in [-0.05, 0) is 18.2 Å². The zero-order valence-electron chi connectivity index (χ0n) is 14.4. The molecule has 1 saturated heterocycles. The highest BCUT2D eigenvalue weighted by Crippen LogP contribution is 2.30. The van der Waals surface area contributed by atoms with Crippen molar-refractivity contribution in [2.24, 2.45) is 7.05 Å². The third kappa shape index (κ3) is 4.43. The largest absolute Gasteiger partial charge is 0.378 e. The summed E-state index contributed by atoms with van der Waals surface area (Å²) in [5, 5.41) is 7.68. The van der Waals surface area contributed by atoms with E-state index >= 15 is 0 Å². The topological polar surface area (TPSA) is 62.6 Å². The van der Waals surface area contributed by atoms with Crippen LogP contribution in [0.25, 0.3) is 0 Å². The van der Waals surface area contributed by atoms with Gasteiger partial charge < -0.3 is 19.9 Å². The molecule has 25 heavy (non-hydrogen) atoms. The number of hydrogen-bond donors (Lipinski definition) is 1. The number of ether oxygens (including phenoxy) is 1. The average Bonchev–Trinajstić information content (AvgIpc) is 3.00. The van der Waals surface area contributed by atoms with E-state index in [1.807, 2.05) is 25.4 Å². The fourth-order valence-electron chi connectivity index (χ4n) is 2.80. The van der Waals surface area contributed by atoms with Crippen molar-refractivity contribution in [3.05, 3.63) is 41.2 Å². The minimum atomic E-state index is -0.194. The van der Waals surface area contributed by atoms with Gasteiger partial charge in [0.1, 0.15) is 0 Å². The number of urea groups is 1. The second-order valence-electron chi connectivity index (χ2n) is 6.07. The fraction of sp³-hybridized carbons (Fsp3) is 0.412. The molecular formula is C17H22ClN5O2. The summed E-state index contributed by atoms with van der Waals surface area (Å²) in [6.07, 6.45) is 3.64. The minimum Gasteiger partial charge on any atom is -0.378 e. The summed E-state index contributed by atoms with van der Waals surface area (Å²) in [4.78, 5) is 16.4. The number of nitrogens with one attached hydrogen (secondary N) is 1. The van der Waals surface area contributed by atoms with Gasteiger partial charge in [-0.3, -0.25) is 4.68 Å². The van der Waals surface area contributed by atoms with E-state index in [1.54, 1.807) is 28.9 Å². The lowest BCUT2D eigenvalue weighted by Crippen LogP contribution is -2.37. The highest BCUT2D eigenvalue weighted by Gasteiger charge is 2.18. The zero-order valence-corrected chi connectivity index (χ0v) is 15.2. The molecule has 0 spiro atoms. The van der Waals surface area contributed by atoms with Crippen LogP contribution in [0.4, 0.5) is 16.2 Å². The van der Waals surface area contributed by atoms with Crippen molar-refractivity contribution in [1.29, 1.82) is 0 Å². The standard InChI is InChI=1S/C17H22ClN5O2/c1-21(11-13-10-19-22(2)12-13)17(24)20-15-9-14(18)3-4-16(15)23-5-7-25-8-6-23/h3-4,9-10,12H,5-8,11H2,1-2H3,(H,20,24). The zero-order chi connectivity index (χ0) is 17.8. The van der Waals surface area contributed by atoms with Crippen LogP contribution in [0.2, 0.25) is 5.02 Å². The molecule has 1 aromatic carbocycles. The maximum absolute atomic E-state index is 12.6. The van der Waals surface area contributed by atoms with E-state index < -0.39 is 0 Å². The smallest absolute Gasteiger partial charge is 0.321 e. The van der Waals surface area contributed by atoms with E-state index in [9.17, 15) is 4.79 Å². The van der Waals surface area contributed by atoms with Crippen molar-refractivity contribution < 1.29 is 9.53 Å². The van der Waals surface area contributed by atoms with Crippen LogP contribution in [0.3, 0.4) is 0 Å². The van der Waals surface area contributed by atoms with Gasteiger partial charge in [-0.2, -0.15) is 5.10 Å². The van der Waals surface area contributed by atoms with Crippen molar-refractivity contribution in [1.82, 2.24) is 14.7 Å². The van der Waals surface area contributed by atoms with Crippen molar-refractivity contribution in [3.63, 3.8) is 0 Å². The number of rotatable bonds is 4. The summed E-state index contributed by atoms with van der Waals surface area (Å²) in [7, 11) is 3.60. The van der Waals surface area contributed by atoms with Crippen LogP contribution < -0.4 is 10.2 Å². The Kier molecular flexibility index (Phi) is 5.45. The Bertz CT molecular complexity index is 742. The molecule has 8 heteroatoms. The number of anilines is 2. The van der Waals surface area contributed by atoms with Gasteiger partial charge in [0, 0.05) is 44.0 Å². The van der Waals surface area contributed by atoms with Gasteiger partial charge in [0.2, 0.25) is 0 Å². The summed E-state index contributed by atoms with van der Waals surface area (Å²) in [6.45, 7) is 3.41. The molecule has 2 amide bonds. The Morgan fingerprint density at radius 1 is 1.40 bits per heavy atom. The van der Waals surface area contributed by atoms with Crippen LogP contribution in [-0.4, -0.2) is 54.1 Å². The van der Waals surface area contributed by atoms with Gasteiger partial charge in [-0.1, -0.05) is 11.6 Å². The van der Waals surface area contributed by atoms with Crippen molar-refractivity contribution in [2.75, 3.05) is 43.6 Å². The first-order valence-electron chi connectivity index (χ1n) is 8.15. The minimum absolute atomic E-state index is 0.194. The maximum atomic E-state index is 12.6. The monoisotopic (exact) mass is 363 g/mol. The van der Waals surface area contributed by atoms with Gasteiger partial charge in [-0.25, -0.2) is 4.79 Å². The Morgan fingerprint density at radius 2 is 2.16 bits per heavy atom. The summed E-state index contributed by atoms with van der Waals surface area (Å²) in [5.41, 5.74) is 2.63. The maximum Gasteiger partial charge on any atom is 0.321 e. The molecule has 1 aromatic heterocycles. The van der Waals surface area contributed by atoms with E-state index in [0.717, 1.165) is 24.3 Å². The lowest BCUT2D eigenvalue weighted by atomic mass is 10.2. The molecule has 0 unspecified atom stereocenters. The molecule has 1 fully saturated rings. The summed E-state index contributed by atoms with van der Waals surface area (Å²) >= 11 is 6.13. The Balaban J connectivity index is 1.72. The van der Waals surface area contributed by atoms with E-state index in [-0.39, 0.29) is 6.03 Å². The van der Waals surface area contributed by atoms with Gasteiger partial charge in [-0.15, -0.1) is 0 Å². The molecule has 0 atom stereocenters. The molecule has 0 radical (unpaired) electrons. The number of carbonyl (C=O) groups is 1. The molecule has 134 valence electrons. The quantitative estimate of drug-likeness (QED) is 0.906. The Morgan fingerprint density at radius 3 is 2.84 bits per heavy atom. The van der Waals surface area contributed by atoms with Crippen LogP contribution in [-0.2, 0) is 18.3 Å². The SMILES string of the molecule is CN(Cc1cnn(C)c1)C(=O)Nc1cc(Cl)ccc1N1CCOCC1. The molecule has 2 heterocycles. The van der Waals surface area contributed by atoms with Gasteiger partial charge >= 0.3 is 6.03 Å². The second-order valence-corrected chi connectivity index (χ2v) is 6.51. The normalized spacial score (nSPS) is 14.4. The lowest BCUT2D eigenvalue weighted by molar-refractivity contribution is 0.123. The highest BCUT2D eigenvalue weighted by molar-refractivity contribution is 6.31. The molecule has 0 saturated carbocycles. The number of benzene rings is 1. The predicted molar refractivity (Wildman–Crippen MR) is 98.2 cm³/mol. The molecule has 7 nitrogen and oxygen atoms in total. The van der Waals surface area contributed by atoms with E-state index in [1.165, 1.54) is 0 Å². The van der Waals surface area contributed by atoms with Gasteiger partial charge in [0.15, 0.2) is 0 Å². The van der Waals surface area contributed by atoms with Crippen LogP contribution in [0.5, 0.6) is 0 Å². The van der Waals surface area contributed by atoms with E-state index in [2.05, 4.69) is 15.3 Å². The predicted octanol–water partition coefficient (Wildman–Crippen LogP) is 2.57. The molecular weight excluding hydrogens is 342 g/mol. The fourth-order valence-corrected chi connectivity index (χ4v) is 2.97. The number of carbonyl (C=O) groups excluding carboxylic acids is 1. The number of nitrogens with zero attached hydrogens (tertiary/aromatic N) is 4. The first-order valence-corrected chi connectivity index (χ1v) is 8.52. The number of aromatic nitrogens is 2. The second kappa shape index (κ2) is 7.76. The number of aryl methyl sites for hydroxylation is 1. The van der Waals surface area contributed by atoms with Crippen LogP contribution in [0.1, 0.15) is 5.56 Å². The van der Waals surface area contributed by atoms with Crippen LogP contribution in [0, 0.1) is 0 Å². The number of morpholine rings is 1. The highest BCUT2D eigenvalue weighted by atomic mass is 35.5. The first kappa shape index (κ1) is 17.6. The molecule has 0 aliphatic carbocycles.